The van der Waals surface area contributed by atoms with Crippen molar-refractivity contribution in [3.8, 4) is 11.8 Å². The van der Waals surface area contributed by atoms with Crippen molar-refractivity contribution in [2.24, 2.45) is 0 Å². The summed E-state index contributed by atoms with van der Waals surface area (Å²) < 4.78 is 51.7. The molecule has 0 aliphatic carbocycles. The number of carbonyl (C=O) groups excluding carboxylic acids is 1. The average Bonchev–Trinajstić information content (AvgIpc) is 3.41. The van der Waals surface area contributed by atoms with E-state index in [1.165, 1.54) is 12.3 Å². The van der Waals surface area contributed by atoms with E-state index in [0.29, 0.717) is 17.0 Å². The maximum Gasteiger partial charge on any atom is 0.416 e. The number of alkyl halides is 3. The molecule has 0 fully saturated rings. The first kappa shape index (κ1) is 22.0. The van der Waals surface area contributed by atoms with Crippen LogP contribution in [-0.2, 0) is 23.9 Å². The highest BCUT2D eigenvalue weighted by molar-refractivity contribution is 5.92. The summed E-state index contributed by atoms with van der Waals surface area (Å²) in [5, 5.41) is 11.3. The van der Waals surface area contributed by atoms with Gasteiger partial charge < -0.3 is 13.7 Å². The molecule has 168 valence electrons. The first-order valence-electron chi connectivity index (χ1n) is 9.82. The van der Waals surface area contributed by atoms with Crippen LogP contribution >= 0.6 is 0 Å². The molecule has 0 aliphatic heterocycles. The largest absolute Gasteiger partial charge is 0.484 e. The minimum absolute atomic E-state index is 0.0682. The van der Waals surface area contributed by atoms with Crippen LogP contribution in [0.5, 0.6) is 5.75 Å². The molecular formula is C23H17F3N4O3. The molecule has 0 unspecified atom stereocenters. The quantitative estimate of drug-likeness (QED) is 0.434. The van der Waals surface area contributed by atoms with Gasteiger partial charge in [-0.3, -0.25) is 10.1 Å². The van der Waals surface area contributed by atoms with Crippen LogP contribution in [0.15, 0.2) is 65.3 Å². The van der Waals surface area contributed by atoms with Crippen molar-refractivity contribution in [2.45, 2.75) is 19.1 Å². The molecule has 7 nitrogen and oxygen atoms in total. The summed E-state index contributed by atoms with van der Waals surface area (Å²) in [6.45, 7) is -0.180. The molecule has 0 radical (unpaired) electrons. The summed E-state index contributed by atoms with van der Waals surface area (Å²) in [7, 11) is 0. The van der Waals surface area contributed by atoms with Crippen LogP contribution < -0.4 is 10.1 Å². The SMILES string of the molecule is N#CCc1ccc(OCC(=O)Nc2nc3cc(C(F)(F)F)ccc3n2Cc2ccco2)cc1. The lowest BCUT2D eigenvalue weighted by Crippen LogP contribution is -2.22. The highest BCUT2D eigenvalue weighted by Gasteiger charge is 2.31. The number of aromatic nitrogens is 2. The monoisotopic (exact) mass is 454 g/mol. The Bertz CT molecular complexity index is 1300. The van der Waals surface area contributed by atoms with E-state index in [4.69, 9.17) is 14.4 Å². The fourth-order valence-corrected chi connectivity index (χ4v) is 3.22. The van der Waals surface area contributed by atoms with Gasteiger partial charge in [-0.2, -0.15) is 18.4 Å². The van der Waals surface area contributed by atoms with Crippen molar-refractivity contribution in [1.29, 1.82) is 5.26 Å². The summed E-state index contributed by atoms with van der Waals surface area (Å²) in [4.78, 5) is 16.7. The number of rotatable bonds is 7. The Hall–Kier alpha value is -4.26. The second-order valence-corrected chi connectivity index (χ2v) is 7.12. The molecule has 0 atom stereocenters. The molecule has 0 saturated carbocycles. The number of carbonyl (C=O) groups is 1. The van der Waals surface area contributed by atoms with Gasteiger partial charge in [0.15, 0.2) is 6.61 Å². The lowest BCUT2D eigenvalue weighted by molar-refractivity contribution is -0.137. The highest BCUT2D eigenvalue weighted by Crippen LogP contribution is 2.32. The number of anilines is 1. The molecule has 0 bridgehead atoms. The summed E-state index contributed by atoms with van der Waals surface area (Å²) in [5.74, 6) is 0.506. The Labute approximate surface area is 186 Å². The third-order valence-corrected chi connectivity index (χ3v) is 4.80. The molecule has 4 aromatic rings. The molecule has 10 heteroatoms. The molecule has 0 saturated heterocycles. The number of ether oxygens (including phenoxy) is 1. The zero-order chi connectivity index (χ0) is 23.4. The van der Waals surface area contributed by atoms with Crippen LogP contribution in [0.25, 0.3) is 11.0 Å². The maximum absolute atomic E-state index is 13.1. The summed E-state index contributed by atoms with van der Waals surface area (Å²) in [6, 6.07) is 15.4. The van der Waals surface area contributed by atoms with E-state index in [0.717, 1.165) is 17.7 Å². The number of nitriles is 1. The maximum atomic E-state index is 13.1. The van der Waals surface area contributed by atoms with Crippen molar-refractivity contribution in [3.05, 3.63) is 77.7 Å². The molecule has 0 aliphatic rings. The first-order chi connectivity index (χ1) is 15.8. The minimum atomic E-state index is -4.51. The summed E-state index contributed by atoms with van der Waals surface area (Å²) in [6.07, 6.45) is -2.77. The number of benzene rings is 2. The number of nitrogens with one attached hydrogen (secondary N) is 1. The van der Waals surface area contributed by atoms with Crippen LogP contribution in [-0.4, -0.2) is 22.1 Å². The molecule has 1 amide bonds. The van der Waals surface area contributed by atoms with E-state index >= 15 is 0 Å². The van der Waals surface area contributed by atoms with Gasteiger partial charge >= 0.3 is 6.18 Å². The molecule has 4 rings (SSSR count). The van der Waals surface area contributed by atoms with Crippen molar-refractivity contribution in [2.75, 3.05) is 11.9 Å². The number of hydrogen-bond acceptors (Lipinski definition) is 5. The van der Waals surface area contributed by atoms with Gasteiger partial charge in [0.1, 0.15) is 11.5 Å². The Morgan fingerprint density at radius 2 is 1.97 bits per heavy atom. The average molecular weight is 454 g/mol. The Morgan fingerprint density at radius 1 is 1.18 bits per heavy atom. The lowest BCUT2D eigenvalue weighted by Gasteiger charge is -2.10. The molecule has 2 aromatic heterocycles. The summed E-state index contributed by atoms with van der Waals surface area (Å²) in [5.41, 5.74) is 0.474. The number of amides is 1. The van der Waals surface area contributed by atoms with E-state index in [9.17, 15) is 18.0 Å². The third kappa shape index (κ3) is 5.15. The Kier molecular flexibility index (Phi) is 6.04. The lowest BCUT2D eigenvalue weighted by atomic mass is 10.2. The molecule has 33 heavy (non-hydrogen) atoms. The van der Waals surface area contributed by atoms with Crippen LogP contribution in [0, 0.1) is 11.3 Å². The predicted octanol–water partition coefficient (Wildman–Crippen LogP) is 4.78. The van der Waals surface area contributed by atoms with Crippen molar-refractivity contribution in [1.82, 2.24) is 9.55 Å². The van der Waals surface area contributed by atoms with Crippen molar-refractivity contribution in [3.63, 3.8) is 0 Å². The van der Waals surface area contributed by atoms with Gasteiger partial charge in [-0.15, -0.1) is 0 Å². The van der Waals surface area contributed by atoms with Crippen molar-refractivity contribution >= 4 is 22.9 Å². The number of furan rings is 1. The van der Waals surface area contributed by atoms with Gasteiger partial charge in [0.05, 0.1) is 41.9 Å². The number of halogens is 3. The molecule has 1 N–H and O–H groups in total. The Balaban J connectivity index is 1.54. The van der Waals surface area contributed by atoms with E-state index in [1.807, 2.05) is 6.07 Å². The number of nitrogens with zero attached hydrogens (tertiary/aromatic N) is 3. The normalized spacial score (nSPS) is 11.3. The fraction of sp³-hybridized carbons (Fsp3) is 0.174. The van der Waals surface area contributed by atoms with Gasteiger partial charge in [-0.05, 0) is 48.0 Å². The van der Waals surface area contributed by atoms with Crippen LogP contribution in [0.3, 0.4) is 0 Å². The van der Waals surface area contributed by atoms with E-state index in [1.54, 1.807) is 41.0 Å². The predicted molar refractivity (Wildman–Crippen MR) is 112 cm³/mol. The topological polar surface area (TPSA) is 93.1 Å². The molecule has 0 spiro atoms. The minimum Gasteiger partial charge on any atom is -0.484 e. The second kappa shape index (κ2) is 9.08. The number of imidazole rings is 1. The van der Waals surface area contributed by atoms with Crippen molar-refractivity contribution < 1.29 is 27.1 Å². The standard InChI is InChI=1S/C23H17F3N4O3/c24-23(25,26)16-5-8-20-19(12-16)28-22(30(20)13-18-2-1-11-32-18)29-21(31)14-33-17-6-3-15(4-7-17)9-10-27/h1-8,11-12H,9,13-14H2,(H,28,29,31). The highest BCUT2D eigenvalue weighted by atomic mass is 19.4. The van der Waals surface area contributed by atoms with E-state index in [2.05, 4.69) is 10.3 Å². The Morgan fingerprint density at radius 3 is 2.64 bits per heavy atom. The third-order valence-electron chi connectivity index (χ3n) is 4.80. The smallest absolute Gasteiger partial charge is 0.416 e. The van der Waals surface area contributed by atoms with Gasteiger partial charge in [0.25, 0.3) is 5.91 Å². The second-order valence-electron chi connectivity index (χ2n) is 7.12. The molecule has 2 aromatic carbocycles. The van der Waals surface area contributed by atoms with Crippen LogP contribution in [0.2, 0.25) is 0 Å². The number of fused-ring (bicyclic) bond motifs is 1. The first-order valence-corrected chi connectivity index (χ1v) is 9.82. The van der Waals surface area contributed by atoms with Crippen LogP contribution in [0.4, 0.5) is 19.1 Å². The van der Waals surface area contributed by atoms with Gasteiger partial charge in [-0.1, -0.05) is 12.1 Å². The molecular weight excluding hydrogens is 437 g/mol. The van der Waals surface area contributed by atoms with Crippen LogP contribution in [0.1, 0.15) is 16.9 Å². The van der Waals surface area contributed by atoms with E-state index in [-0.39, 0.29) is 31.0 Å². The van der Waals surface area contributed by atoms with E-state index < -0.39 is 17.6 Å². The fourth-order valence-electron chi connectivity index (χ4n) is 3.22. The number of hydrogen-bond donors (Lipinski definition) is 1. The van der Waals surface area contributed by atoms with Gasteiger partial charge in [-0.25, -0.2) is 4.98 Å². The zero-order valence-electron chi connectivity index (χ0n) is 17.1. The molecule has 2 heterocycles. The zero-order valence-corrected chi connectivity index (χ0v) is 17.1. The van der Waals surface area contributed by atoms with Gasteiger partial charge in [0.2, 0.25) is 5.95 Å². The van der Waals surface area contributed by atoms with Gasteiger partial charge in [0, 0.05) is 0 Å². The summed E-state index contributed by atoms with van der Waals surface area (Å²) >= 11 is 0.